The number of aromatic amines is 1. The van der Waals surface area contributed by atoms with E-state index in [9.17, 15) is 0 Å². The van der Waals surface area contributed by atoms with Gasteiger partial charge in [-0.05, 0) is 30.8 Å². The van der Waals surface area contributed by atoms with Crippen molar-refractivity contribution in [3.05, 3.63) is 24.3 Å². The summed E-state index contributed by atoms with van der Waals surface area (Å²) in [6.45, 7) is 2.32. The van der Waals surface area contributed by atoms with Crippen LogP contribution < -0.4 is 10.5 Å². The number of fused-ring (bicyclic) bond motifs is 1. The molecule has 0 saturated carbocycles. The number of hydrogen-bond acceptors (Lipinski definition) is 7. The van der Waals surface area contributed by atoms with Gasteiger partial charge >= 0.3 is 6.01 Å². The minimum Gasteiger partial charge on any atom is -0.464 e. The average Bonchev–Trinajstić information content (AvgIpc) is 2.80. The van der Waals surface area contributed by atoms with Crippen LogP contribution >= 0.6 is 11.8 Å². The van der Waals surface area contributed by atoms with E-state index in [-0.39, 0.29) is 12.0 Å². The number of benzene rings is 1. The first-order chi connectivity index (χ1) is 9.74. The van der Waals surface area contributed by atoms with E-state index in [0.29, 0.717) is 16.9 Å². The Bertz CT molecular complexity index is 711. The molecule has 1 aromatic carbocycles. The van der Waals surface area contributed by atoms with E-state index in [2.05, 4.69) is 24.9 Å². The molecule has 0 atom stereocenters. The standard InChI is InChI=1S/C12H12N6OS/c1-2-19-10-16-9(13)17-12(18-10)20-11-14-7-5-3-4-6-8(7)15-11/h3-6H,2H2,1H3,(H,14,15)(H2,13,16,17,18). The highest BCUT2D eigenvalue weighted by Gasteiger charge is 2.10. The number of imidazole rings is 1. The van der Waals surface area contributed by atoms with Crippen LogP contribution in [0.4, 0.5) is 5.95 Å². The van der Waals surface area contributed by atoms with Gasteiger partial charge in [-0.1, -0.05) is 12.1 Å². The molecule has 0 aliphatic heterocycles. The predicted molar refractivity (Wildman–Crippen MR) is 75.6 cm³/mol. The van der Waals surface area contributed by atoms with Crippen LogP contribution in [-0.2, 0) is 0 Å². The maximum atomic E-state index is 5.63. The zero-order valence-corrected chi connectivity index (χ0v) is 11.5. The smallest absolute Gasteiger partial charge is 0.322 e. The van der Waals surface area contributed by atoms with Gasteiger partial charge in [-0.25, -0.2) is 4.98 Å². The maximum absolute atomic E-state index is 5.63. The molecule has 0 amide bonds. The Hall–Kier alpha value is -2.35. The molecule has 0 fully saturated rings. The van der Waals surface area contributed by atoms with Crippen molar-refractivity contribution in [2.45, 2.75) is 17.2 Å². The van der Waals surface area contributed by atoms with Gasteiger partial charge in [0.25, 0.3) is 0 Å². The molecule has 0 radical (unpaired) electrons. The number of hydrogen-bond donors (Lipinski definition) is 2. The second-order valence-corrected chi connectivity index (χ2v) is 4.81. The van der Waals surface area contributed by atoms with Gasteiger partial charge in [0, 0.05) is 0 Å². The van der Waals surface area contributed by atoms with E-state index in [0.717, 1.165) is 11.0 Å². The number of para-hydroxylation sites is 2. The molecule has 0 saturated heterocycles. The highest BCUT2D eigenvalue weighted by molar-refractivity contribution is 7.99. The zero-order chi connectivity index (χ0) is 13.9. The lowest BCUT2D eigenvalue weighted by molar-refractivity contribution is 0.308. The van der Waals surface area contributed by atoms with Crippen molar-refractivity contribution in [1.29, 1.82) is 0 Å². The molecular formula is C12H12N6OS. The number of H-pyrrole nitrogens is 1. The monoisotopic (exact) mass is 288 g/mol. The van der Waals surface area contributed by atoms with Gasteiger partial charge in [-0.3, -0.25) is 0 Å². The van der Waals surface area contributed by atoms with E-state index < -0.39 is 0 Å². The highest BCUT2D eigenvalue weighted by atomic mass is 32.2. The van der Waals surface area contributed by atoms with Crippen LogP contribution in [-0.4, -0.2) is 31.5 Å². The molecule has 2 aromatic heterocycles. The Labute approximate surface area is 119 Å². The lowest BCUT2D eigenvalue weighted by Gasteiger charge is -2.03. The van der Waals surface area contributed by atoms with Gasteiger partial charge in [-0.15, -0.1) is 0 Å². The first-order valence-corrected chi connectivity index (χ1v) is 6.83. The molecule has 2 heterocycles. The van der Waals surface area contributed by atoms with Crippen molar-refractivity contribution in [1.82, 2.24) is 24.9 Å². The fourth-order valence-electron chi connectivity index (χ4n) is 1.66. The molecule has 0 aliphatic rings. The predicted octanol–water partition coefficient (Wildman–Crippen LogP) is 1.88. The fraction of sp³-hybridized carbons (Fsp3) is 0.167. The molecule has 0 aliphatic carbocycles. The van der Waals surface area contributed by atoms with Crippen LogP contribution in [0.5, 0.6) is 6.01 Å². The summed E-state index contributed by atoms with van der Waals surface area (Å²) in [7, 11) is 0. The second kappa shape index (κ2) is 5.33. The largest absolute Gasteiger partial charge is 0.464 e. The first-order valence-electron chi connectivity index (χ1n) is 6.01. The number of nitrogen functional groups attached to an aromatic ring is 1. The molecular weight excluding hydrogens is 276 g/mol. The van der Waals surface area contributed by atoms with Crippen molar-refractivity contribution in [3.8, 4) is 6.01 Å². The van der Waals surface area contributed by atoms with Crippen LogP contribution in [0.25, 0.3) is 11.0 Å². The minimum absolute atomic E-state index is 0.127. The Morgan fingerprint density at radius 1 is 1.20 bits per heavy atom. The van der Waals surface area contributed by atoms with Crippen LogP contribution in [0, 0.1) is 0 Å². The number of rotatable bonds is 4. The van der Waals surface area contributed by atoms with Gasteiger partial charge in [-0.2, -0.15) is 15.0 Å². The van der Waals surface area contributed by atoms with E-state index in [1.807, 2.05) is 31.2 Å². The quantitative estimate of drug-likeness (QED) is 0.755. The molecule has 3 aromatic rings. The van der Waals surface area contributed by atoms with E-state index in [1.54, 1.807) is 0 Å². The van der Waals surface area contributed by atoms with Gasteiger partial charge in [0.15, 0.2) is 5.16 Å². The Kier molecular flexibility index (Phi) is 3.38. The van der Waals surface area contributed by atoms with Gasteiger partial charge in [0.2, 0.25) is 11.1 Å². The SMILES string of the molecule is CCOc1nc(N)nc(Sc2nc3ccccc3[nH]2)n1. The molecule has 20 heavy (non-hydrogen) atoms. The summed E-state index contributed by atoms with van der Waals surface area (Å²) in [4.78, 5) is 19.7. The number of nitrogens with one attached hydrogen (secondary N) is 1. The van der Waals surface area contributed by atoms with Crippen LogP contribution in [0.1, 0.15) is 6.92 Å². The number of nitrogens with zero attached hydrogens (tertiary/aromatic N) is 4. The third kappa shape index (κ3) is 2.64. The van der Waals surface area contributed by atoms with Crippen LogP contribution in [0.15, 0.2) is 34.6 Å². The van der Waals surface area contributed by atoms with E-state index >= 15 is 0 Å². The highest BCUT2D eigenvalue weighted by Crippen LogP contribution is 2.25. The molecule has 0 spiro atoms. The topological polar surface area (TPSA) is 103 Å². The lowest BCUT2D eigenvalue weighted by Crippen LogP contribution is -2.04. The van der Waals surface area contributed by atoms with Crippen molar-refractivity contribution in [2.75, 3.05) is 12.3 Å². The number of ether oxygens (including phenoxy) is 1. The van der Waals surface area contributed by atoms with Crippen molar-refractivity contribution in [3.63, 3.8) is 0 Å². The van der Waals surface area contributed by atoms with Gasteiger partial charge in [0.05, 0.1) is 17.6 Å². The first kappa shape index (κ1) is 12.7. The van der Waals surface area contributed by atoms with Crippen LogP contribution in [0.3, 0.4) is 0 Å². The average molecular weight is 288 g/mol. The van der Waals surface area contributed by atoms with Crippen molar-refractivity contribution < 1.29 is 4.74 Å². The summed E-state index contributed by atoms with van der Waals surface area (Å²) < 4.78 is 5.24. The third-order valence-electron chi connectivity index (χ3n) is 2.44. The minimum atomic E-state index is 0.127. The molecule has 102 valence electrons. The fourth-order valence-corrected chi connectivity index (χ4v) is 2.40. The van der Waals surface area contributed by atoms with Gasteiger partial charge < -0.3 is 15.5 Å². The maximum Gasteiger partial charge on any atom is 0.322 e. The Balaban J connectivity index is 1.90. The molecule has 8 heteroatoms. The summed E-state index contributed by atoms with van der Waals surface area (Å²) in [6.07, 6.45) is 0. The molecule has 0 unspecified atom stereocenters. The van der Waals surface area contributed by atoms with E-state index in [4.69, 9.17) is 10.5 Å². The summed E-state index contributed by atoms with van der Waals surface area (Å²) in [6, 6.07) is 8.00. The second-order valence-electron chi connectivity index (χ2n) is 3.85. The van der Waals surface area contributed by atoms with Crippen molar-refractivity contribution >= 4 is 28.7 Å². The summed E-state index contributed by atoms with van der Waals surface area (Å²) >= 11 is 1.28. The molecule has 3 N–H and O–H groups in total. The Morgan fingerprint density at radius 3 is 2.85 bits per heavy atom. The summed E-state index contributed by atoms with van der Waals surface area (Å²) in [5.74, 6) is 0.127. The third-order valence-corrected chi connectivity index (χ3v) is 3.19. The lowest BCUT2D eigenvalue weighted by atomic mass is 10.3. The van der Waals surface area contributed by atoms with Gasteiger partial charge in [0.1, 0.15) is 0 Å². The normalized spacial score (nSPS) is 10.8. The van der Waals surface area contributed by atoms with Crippen molar-refractivity contribution in [2.24, 2.45) is 0 Å². The molecule has 0 bridgehead atoms. The summed E-state index contributed by atoms with van der Waals surface area (Å²) in [5.41, 5.74) is 7.48. The number of nitrogens with two attached hydrogens (primary N) is 1. The van der Waals surface area contributed by atoms with Crippen LogP contribution in [0.2, 0.25) is 0 Å². The molecule has 7 nitrogen and oxygen atoms in total. The Morgan fingerprint density at radius 2 is 2.05 bits per heavy atom. The number of anilines is 1. The van der Waals surface area contributed by atoms with E-state index in [1.165, 1.54) is 11.8 Å². The summed E-state index contributed by atoms with van der Waals surface area (Å²) in [5, 5.41) is 1.14. The zero-order valence-electron chi connectivity index (χ0n) is 10.7. The number of aromatic nitrogens is 5. The molecule has 3 rings (SSSR count).